The minimum absolute atomic E-state index is 0.0380. The number of sulfonamides is 1. The molecule has 6 nitrogen and oxygen atoms in total. The number of carbonyl (C=O) groups excluding carboxylic acids is 1. The first-order valence-electron chi connectivity index (χ1n) is 8.24. The van der Waals surface area contributed by atoms with Crippen LogP contribution in [0.1, 0.15) is 12.8 Å². The van der Waals surface area contributed by atoms with Crippen molar-refractivity contribution in [2.24, 2.45) is 5.92 Å². The molecule has 0 radical (unpaired) electrons. The average molecular weight is 359 g/mol. The van der Waals surface area contributed by atoms with Gasteiger partial charge in [0.15, 0.2) is 0 Å². The molecular formula is C18H21N3O3S. The summed E-state index contributed by atoms with van der Waals surface area (Å²) < 4.78 is 27.5. The van der Waals surface area contributed by atoms with E-state index < -0.39 is 10.0 Å². The minimum Gasteiger partial charge on any atom is -0.326 e. The summed E-state index contributed by atoms with van der Waals surface area (Å²) in [6, 6.07) is 15.0. The Bertz CT molecular complexity index is 832. The maximum atomic E-state index is 12.5. The van der Waals surface area contributed by atoms with E-state index in [2.05, 4.69) is 15.4 Å². The molecule has 7 heteroatoms. The van der Waals surface area contributed by atoms with Crippen molar-refractivity contribution in [2.45, 2.75) is 17.7 Å². The van der Waals surface area contributed by atoms with E-state index in [1.807, 2.05) is 6.07 Å². The van der Waals surface area contributed by atoms with Gasteiger partial charge in [-0.25, -0.2) is 8.42 Å². The molecule has 0 spiro atoms. The zero-order valence-electron chi connectivity index (χ0n) is 13.7. The van der Waals surface area contributed by atoms with Gasteiger partial charge in [-0.2, -0.15) is 0 Å². The van der Waals surface area contributed by atoms with Crippen molar-refractivity contribution in [3.63, 3.8) is 0 Å². The zero-order valence-corrected chi connectivity index (χ0v) is 14.6. The first-order chi connectivity index (χ1) is 12.0. The molecule has 3 rings (SSSR count). The van der Waals surface area contributed by atoms with Gasteiger partial charge in [-0.15, -0.1) is 0 Å². The van der Waals surface area contributed by atoms with Gasteiger partial charge in [-0.3, -0.25) is 9.52 Å². The maximum absolute atomic E-state index is 12.5. The van der Waals surface area contributed by atoms with Gasteiger partial charge in [-0.1, -0.05) is 24.3 Å². The van der Waals surface area contributed by atoms with Gasteiger partial charge in [-0.05, 0) is 56.3 Å². The van der Waals surface area contributed by atoms with Crippen molar-refractivity contribution in [3.8, 4) is 0 Å². The van der Waals surface area contributed by atoms with Gasteiger partial charge in [0.05, 0.1) is 4.90 Å². The van der Waals surface area contributed by atoms with Gasteiger partial charge in [0.1, 0.15) is 0 Å². The van der Waals surface area contributed by atoms with E-state index in [9.17, 15) is 13.2 Å². The van der Waals surface area contributed by atoms with Crippen LogP contribution >= 0.6 is 0 Å². The second kappa shape index (κ2) is 7.67. The van der Waals surface area contributed by atoms with Crippen LogP contribution in [-0.2, 0) is 14.8 Å². The molecule has 0 aromatic heterocycles. The van der Waals surface area contributed by atoms with E-state index in [-0.39, 0.29) is 16.7 Å². The van der Waals surface area contributed by atoms with Crippen molar-refractivity contribution in [3.05, 3.63) is 54.6 Å². The Balaban J connectivity index is 1.73. The largest absolute Gasteiger partial charge is 0.326 e. The van der Waals surface area contributed by atoms with Crippen molar-refractivity contribution >= 4 is 27.3 Å². The summed E-state index contributed by atoms with van der Waals surface area (Å²) in [5, 5.41) is 6.05. The number of benzene rings is 2. The molecule has 1 amide bonds. The molecule has 1 heterocycles. The van der Waals surface area contributed by atoms with Crippen LogP contribution in [-0.4, -0.2) is 27.4 Å². The van der Waals surface area contributed by atoms with E-state index in [0.717, 1.165) is 25.9 Å². The highest BCUT2D eigenvalue weighted by atomic mass is 32.2. The lowest BCUT2D eigenvalue weighted by Crippen LogP contribution is -2.34. The smallest absolute Gasteiger partial charge is 0.261 e. The van der Waals surface area contributed by atoms with Crippen LogP contribution in [0, 0.1) is 5.92 Å². The monoisotopic (exact) mass is 359 g/mol. The molecule has 2 aromatic rings. The van der Waals surface area contributed by atoms with E-state index in [1.54, 1.807) is 36.4 Å². The average Bonchev–Trinajstić information content (AvgIpc) is 2.63. The number of hydrogen-bond acceptors (Lipinski definition) is 4. The van der Waals surface area contributed by atoms with Gasteiger partial charge in [0.2, 0.25) is 5.91 Å². The van der Waals surface area contributed by atoms with Crippen molar-refractivity contribution in [1.29, 1.82) is 0 Å². The first-order valence-corrected chi connectivity index (χ1v) is 9.72. The third kappa shape index (κ3) is 4.58. The number of amides is 1. The Morgan fingerprint density at radius 2 is 1.64 bits per heavy atom. The fourth-order valence-corrected chi connectivity index (χ4v) is 3.89. The molecule has 1 fully saturated rings. The summed E-state index contributed by atoms with van der Waals surface area (Å²) in [5.41, 5.74) is 0.978. The molecule has 0 unspecified atom stereocenters. The highest BCUT2D eigenvalue weighted by Gasteiger charge is 2.21. The van der Waals surface area contributed by atoms with Crippen LogP contribution < -0.4 is 15.4 Å². The lowest BCUT2D eigenvalue weighted by Gasteiger charge is -2.21. The van der Waals surface area contributed by atoms with Gasteiger partial charge < -0.3 is 10.6 Å². The fourth-order valence-electron chi connectivity index (χ4n) is 2.79. The summed E-state index contributed by atoms with van der Waals surface area (Å²) in [6.45, 7) is 1.65. The topological polar surface area (TPSA) is 87.3 Å². The number of hydrogen-bond donors (Lipinski definition) is 3. The molecule has 2 aromatic carbocycles. The number of nitrogens with one attached hydrogen (secondary N) is 3. The Kier molecular flexibility index (Phi) is 5.35. The minimum atomic E-state index is -3.71. The SMILES string of the molecule is O=C(Nc1cccc(S(=O)(=O)Nc2ccccc2)c1)C1CCNCC1. The van der Waals surface area contributed by atoms with Crippen molar-refractivity contribution < 1.29 is 13.2 Å². The number of piperidine rings is 1. The summed E-state index contributed by atoms with van der Waals surface area (Å²) in [4.78, 5) is 12.4. The Labute approximate surface area is 147 Å². The van der Waals surface area contributed by atoms with Crippen LogP contribution in [0.2, 0.25) is 0 Å². The van der Waals surface area contributed by atoms with E-state index in [0.29, 0.717) is 11.4 Å². The Morgan fingerprint density at radius 3 is 2.36 bits per heavy atom. The molecule has 0 atom stereocenters. The van der Waals surface area contributed by atoms with Crippen LogP contribution in [0.15, 0.2) is 59.5 Å². The zero-order chi connectivity index (χ0) is 17.7. The van der Waals surface area contributed by atoms with Crippen LogP contribution in [0.3, 0.4) is 0 Å². The van der Waals surface area contributed by atoms with Crippen molar-refractivity contribution in [2.75, 3.05) is 23.1 Å². The lowest BCUT2D eigenvalue weighted by molar-refractivity contribution is -0.120. The third-order valence-corrected chi connectivity index (χ3v) is 5.53. The molecule has 0 bridgehead atoms. The number of para-hydroxylation sites is 1. The highest BCUT2D eigenvalue weighted by Crippen LogP contribution is 2.21. The van der Waals surface area contributed by atoms with Gasteiger partial charge in [0, 0.05) is 17.3 Å². The van der Waals surface area contributed by atoms with E-state index in [4.69, 9.17) is 0 Å². The summed E-state index contributed by atoms with van der Waals surface area (Å²) in [5.74, 6) is -0.101. The molecule has 3 N–H and O–H groups in total. The number of carbonyl (C=O) groups is 1. The second-order valence-corrected chi connectivity index (χ2v) is 7.70. The Hall–Kier alpha value is -2.38. The molecule has 1 aliphatic rings. The normalized spacial score (nSPS) is 15.5. The highest BCUT2D eigenvalue weighted by molar-refractivity contribution is 7.92. The fraction of sp³-hybridized carbons (Fsp3) is 0.278. The molecule has 132 valence electrons. The molecule has 1 saturated heterocycles. The summed E-state index contributed by atoms with van der Waals surface area (Å²) in [7, 11) is -3.71. The predicted octanol–water partition coefficient (Wildman–Crippen LogP) is 2.43. The van der Waals surface area contributed by atoms with Crippen molar-refractivity contribution in [1.82, 2.24) is 5.32 Å². The standard InChI is InChI=1S/C18H21N3O3S/c22-18(14-9-11-19-12-10-14)20-16-7-4-8-17(13-16)25(23,24)21-15-5-2-1-3-6-15/h1-8,13-14,19,21H,9-12H2,(H,20,22). The Morgan fingerprint density at radius 1 is 0.960 bits per heavy atom. The number of anilines is 2. The van der Waals surface area contributed by atoms with E-state index in [1.165, 1.54) is 12.1 Å². The summed E-state index contributed by atoms with van der Waals surface area (Å²) >= 11 is 0. The second-order valence-electron chi connectivity index (χ2n) is 6.01. The van der Waals surface area contributed by atoms with Gasteiger partial charge >= 0.3 is 0 Å². The predicted molar refractivity (Wildman–Crippen MR) is 97.9 cm³/mol. The maximum Gasteiger partial charge on any atom is 0.261 e. The van der Waals surface area contributed by atoms with Crippen LogP contribution in [0.5, 0.6) is 0 Å². The molecule has 0 aliphatic carbocycles. The first kappa shape index (κ1) is 17.4. The van der Waals surface area contributed by atoms with Crippen LogP contribution in [0.4, 0.5) is 11.4 Å². The van der Waals surface area contributed by atoms with Crippen LogP contribution in [0.25, 0.3) is 0 Å². The molecule has 1 aliphatic heterocycles. The molecular weight excluding hydrogens is 338 g/mol. The third-order valence-electron chi connectivity index (χ3n) is 4.15. The lowest BCUT2D eigenvalue weighted by atomic mass is 9.97. The molecule has 25 heavy (non-hydrogen) atoms. The summed E-state index contributed by atoms with van der Waals surface area (Å²) in [6.07, 6.45) is 1.58. The van der Waals surface area contributed by atoms with Gasteiger partial charge in [0.25, 0.3) is 10.0 Å². The van der Waals surface area contributed by atoms with E-state index >= 15 is 0 Å². The molecule has 0 saturated carbocycles. The number of rotatable bonds is 5. The quantitative estimate of drug-likeness (QED) is 0.765.